The van der Waals surface area contributed by atoms with Crippen LogP contribution in [-0.4, -0.2) is 42.8 Å². The highest BCUT2D eigenvalue weighted by molar-refractivity contribution is 7.09. The first-order chi connectivity index (χ1) is 9.14. The molecule has 5 heteroatoms. The van der Waals surface area contributed by atoms with Gasteiger partial charge >= 0.3 is 0 Å². The van der Waals surface area contributed by atoms with Crippen LogP contribution >= 0.6 is 11.3 Å². The maximum Gasteiger partial charge on any atom is 0.0594 e. The summed E-state index contributed by atoms with van der Waals surface area (Å²) >= 11 is 1.82. The number of hydrogen-bond acceptors (Lipinski definition) is 5. The second kappa shape index (κ2) is 6.81. The number of thiophene rings is 1. The number of nitrogens with two attached hydrogens (primary N) is 1. The second-order valence-corrected chi connectivity index (χ2v) is 6.62. The van der Waals surface area contributed by atoms with Gasteiger partial charge in [0.05, 0.1) is 13.2 Å². The van der Waals surface area contributed by atoms with Crippen molar-refractivity contribution in [1.82, 2.24) is 10.3 Å². The molecule has 0 spiro atoms. The maximum atomic E-state index is 5.80. The summed E-state index contributed by atoms with van der Waals surface area (Å²) in [4.78, 5) is 3.91. The van der Waals surface area contributed by atoms with Gasteiger partial charge in [-0.25, -0.2) is 0 Å². The quantitative estimate of drug-likeness (QED) is 0.615. The molecule has 1 aliphatic rings. The minimum absolute atomic E-state index is 0.0514. The fourth-order valence-electron chi connectivity index (χ4n) is 2.74. The van der Waals surface area contributed by atoms with Crippen LogP contribution in [0.4, 0.5) is 0 Å². The predicted octanol–water partition coefficient (Wildman–Crippen LogP) is 1.62. The molecule has 1 atom stereocenters. The first-order valence-electron chi connectivity index (χ1n) is 6.96. The van der Waals surface area contributed by atoms with Gasteiger partial charge in [-0.2, -0.15) is 0 Å². The summed E-state index contributed by atoms with van der Waals surface area (Å²) in [6.45, 7) is 8.18. The van der Waals surface area contributed by atoms with Crippen molar-refractivity contribution in [2.45, 2.75) is 38.3 Å². The Hall–Kier alpha value is -0.460. The number of hydrazine groups is 1. The van der Waals surface area contributed by atoms with Gasteiger partial charge in [-0.1, -0.05) is 6.07 Å². The zero-order valence-electron chi connectivity index (χ0n) is 11.9. The lowest BCUT2D eigenvalue weighted by atomic mass is 9.88. The summed E-state index contributed by atoms with van der Waals surface area (Å²) in [5.41, 5.74) is 3.08. The van der Waals surface area contributed by atoms with Crippen LogP contribution in [0.2, 0.25) is 0 Å². The highest BCUT2D eigenvalue weighted by atomic mass is 32.1. The van der Waals surface area contributed by atoms with Gasteiger partial charge in [0.15, 0.2) is 0 Å². The smallest absolute Gasteiger partial charge is 0.0594 e. The molecule has 0 aliphatic carbocycles. The van der Waals surface area contributed by atoms with E-state index in [1.165, 1.54) is 4.88 Å². The lowest BCUT2D eigenvalue weighted by Gasteiger charge is -2.45. The number of nitrogens with zero attached hydrogens (tertiary/aromatic N) is 1. The summed E-state index contributed by atoms with van der Waals surface area (Å²) in [5.74, 6) is 5.80. The molecule has 1 aromatic heterocycles. The second-order valence-electron chi connectivity index (χ2n) is 5.59. The van der Waals surface area contributed by atoms with Gasteiger partial charge in [0.25, 0.3) is 0 Å². The molecule has 108 valence electrons. The van der Waals surface area contributed by atoms with Crippen LogP contribution in [0.3, 0.4) is 0 Å². The van der Waals surface area contributed by atoms with Gasteiger partial charge in [-0.15, -0.1) is 11.3 Å². The molecular weight excluding hydrogens is 258 g/mol. The van der Waals surface area contributed by atoms with Crippen LogP contribution < -0.4 is 11.3 Å². The molecule has 1 aliphatic heterocycles. The molecule has 0 radical (unpaired) electrons. The molecule has 1 saturated heterocycles. The molecule has 4 nitrogen and oxygen atoms in total. The molecule has 1 fully saturated rings. The van der Waals surface area contributed by atoms with Crippen molar-refractivity contribution in [3.8, 4) is 0 Å². The Morgan fingerprint density at radius 2 is 2.21 bits per heavy atom. The Labute approximate surface area is 119 Å². The summed E-state index contributed by atoms with van der Waals surface area (Å²) < 4.78 is 5.44. The zero-order chi connectivity index (χ0) is 13.7. The Morgan fingerprint density at radius 1 is 1.47 bits per heavy atom. The van der Waals surface area contributed by atoms with E-state index in [1.54, 1.807) is 0 Å². The lowest BCUT2D eigenvalue weighted by Crippen LogP contribution is -2.61. The van der Waals surface area contributed by atoms with E-state index in [4.69, 9.17) is 10.6 Å². The van der Waals surface area contributed by atoms with E-state index in [1.807, 2.05) is 11.3 Å². The van der Waals surface area contributed by atoms with Crippen molar-refractivity contribution in [2.24, 2.45) is 5.84 Å². The van der Waals surface area contributed by atoms with Crippen LogP contribution in [-0.2, 0) is 11.2 Å². The average Bonchev–Trinajstić information content (AvgIpc) is 2.93. The summed E-state index contributed by atoms with van der Waals surface area (Å²) in [6, 6.07) is 4.59. The van der Waals surface area contributed by atoms with Gasteiger partial charge < -0.3 is 4.74 Å². The normalized spacial score (nSPS) is 19.5. The molecular formula is C14H25N3OS. The highest BCUT2D eigenvalue weighted by Gasteiger charge is 2.35. The van der Waals surface area contributed by atoms with E-state index < -0.39 is 0 Å². The molecule has 0 bridgehead atoms. The molecule has 2 heterocycles. The number of aryl methyl sites for hydroxylation is 1. The van der Waals surface area contributed by atoms with Crippen LogP contribution in [0.15, 0.2) is 17.5 Å². The van der Waals surface area contributed by atoms with Crippen LogP contribution in [0, 0.1) is 0 Å². The van der Waals surface area contributed by atoms with Crippen molar-refractivity contribution in [1.29, 1.82) is 0 Å². The van der Waals surface area contributed by atoms with Gasteiger partial charge in [-0.05, 0) is 38.1 Å². The molecule has 0 amide bonds. The maximum absolute atomic E-state index is 5.80. The Kier molecular flexibility index (Phi) is 5.36. The largest absolute Gasteiger partial charge is 0.379 e. The van der Waals surface area contributed by atoms with Crippen molar-refractivity contribution in [3.05, 3.63) is 22.4 Å². The zero-order valence-corrected chi connectivity index (χ0v) is 12.7. The fraction of sp³-hybridized carbons (Fsp3) is 0.714. The lowest BCUT2D eigenvalue weighted by molar-refractivity contribution is -0.0243. The van der Waals surface area contributed by atoms with Crippen molar-refractivity contribution >= 4 is 11.3 Å². The van der Waals surface area contributed by atoms with Gasteiger partial charge in [0.1, 0.15) is 0 Å². The van der Waals surface area contributed by atoms with E-state index in [0.717, 1.165) is 39.1 Å². The summed E-state index contributed by atoms with van der Waals surface area (Å²) in [5, 5.41) is 2.13. The third-order valence-electron chi connectivity index (χ3n) is 4.14. The Bertz CT molecular complexity index is 361. The topological polar surface area (TPSA) is 50.5 Å². The molecule has 1 unspecified atom stereocenters. The number of hydrogen-bond donors (Lipinski definition) is 2. The van der Waals surface area contributed by atoms with E-state index >= 15 is 0 Å². The summed E-state index contributed by atoms with van der Waals surface area (Å²) in [7, 11) is 0. The number of rotatable bonds is 6. The van der Waals surface area contributed by atoms with Crippen LogP contribution in [0.5, 0.6) is 0 Å². The molecule has 1 aromatic rings. The average molecular weight is 283 g/mol. The standard InChI is InChI=1S/C14H25N3OS/c1-14(2,17-7-9-18-10-8-17)13(16-15)6-5-12-4-3-11-19-12/h3-4,11,13,16H,5-10,15H2,1-2H3. The van der Waals surface area contributed by atoms with E-state index in [-0.39, 0.29) is 11.6 Å². The molecule has 2 rings (SSSR count). The minimum Gasteiger partial charge on any atom is -0.379 e. The van der Waals surface area contributed by atoms with E-state index in [2.05, 4.69) is 41.7 Å². The number of morpholine rings is 1. The highest BCUT2D eigenvalue weighted by Crippen LogP contribution is 2.24. The predicted molar refractivity (Wildman–Crippen MR) is 80.2 cm³/mol. The van der Waals surface area contributed by atoms with Crippen LogP contribution in [0.25, 0.3) is 0 Å². The fourth-order valence-corrected chi connectivity index (χ4v) is 3.47. The monoisotopic (exact) mass is 283 g/mol. The molecule has 3 N–H and O–H groups in total. The Morgan fingerprint density at radius 3 is 2.79 bits per heavy atom. The van der Waals surface area contributed by atoms with Gasteiger partial charge in [0.2, 0.25) is 0 Å². The molecule has 0 aromatic carbocycles. The molecule has 0 saturated carbocycles. The first kappa shape index (κ1) is 14.9. The molecule has 19 heavy (non-hydrogen) atoms. The van der Waals surface area contributed by atoms with Crippen molar-refractivity contribution < 1.29 is 4.74 Å². The third kappa shape index (κ3) is 3.77. The van der Waals surface area contributed by atoms with Gasteiger partial charge in [-0.3, -0.25) is 16.2 Å². The number of nitrogens with one attached hydrogen (secondary N) is 1. The van der Waals surface area contributed by atoms with E-state index in [0.29, 0.717) is 0 Å². The van der Waals surface area contributed by atoms with Crippen molar-refractivity contribution in [3.63, 3.8) is 0 Å². The minimum atomic E-state index is 0.0514. The number of ether oxygens (including phenoxy) is 1. The van der Waals surface area contributed by atoms with Crippen LogP contribution in [0.1, 0.15) is 25.1 Å². The van der Waals surface area contributed by atoms with E-state index in [9.17, 15) is 0 Å². The first-order valence-corrected chi connectivity index (χ1v) is 7.84. The summed E-state index contributed by atoms with van der Waals surface area (Å²) in [6.07, 6.45) is 2.14. The SMILES string of the molecule is CC(C)(C(CCc1cccs1)NN)N1CCOCC1. The Balaban J connectivity index is 1.94. The third-order valence-corrected chi connectivity index (χ3v) is 5.08. The van der Waals surface area contributed by atoms with Gasteiger partial charge in [0, 0.05) is 29.5 Å². The van der Waals surface area contributed by atoms with Crippen molar-refractivity contribution in [2.75, 3.05) is 26.3 Å².